The molecular weight excluding hydrogens is 334 g/mol. The number of H-pyrrole nitrogens is 1. The van der Waals surface area contributed by atoms with Gasteiger partial charge in [0.15, 0.2) is 5.82 Å². The molecule has 4 rings (SSSR count). The van der Waals surface area contributed by atoms with Gasteiger partial charge in [-0.2, -0.15) is 0 Å². The van der Waals surface area contributed by atoms with E-state index in [0.717, 1.165) is 9.86 Å². The van der Waals surface area contributed by atoms with Crippen molar-refractivity contribution in [2.24, 2.45) is 0 Å². The highest BCUT2D eigenvalue weighted by Gasteiger charge is 2.14. The molecule has 1 N–H and O–H groups in total. The van der Waals surface area contributed by atoms with Gasteiger partial charge in [-0.25, -0.2) is 4.98 Å². The van der Waals surface area contributed by atoms with Crippen molar-refractivity contribution in [3.05, 3.63) is 57.4 Å². The molecule has 0 atom stereocenters. The Labute approximate surface area is 126 Å². The summed E-state index contributed by atoms with van der Waals surface area (Å²) in [6.45, 7) is 0. The van der Waals surface area contributed by atoms with Crippen molar-refractivity contribution in [2.45, 2.75) is 0 Å². The Balaban J connectivity index is 2.11. The van der Waals surface area contributed by atoms with Crippen LogP contribution >= 0.6 is 15.9 Å². The van der Waals surface area contributed by atoms with Crippen LogP contribution in [0.5, 0.6) is 0 Å². The van der Waals surface area contributed by atoms with E-state index in [1.54, 1.807) is 18.3 Å². The Bertz CT molecular complexity index is 1020. The molecule has 0 unspecified atom stereocenters. The molecule has 0 aliphatic carbocycles. The van der Waals surface area contributed by atoms with E-state index < -0.39 is 0 Å². The van der Waals surface area contributed by atoms with Crippen molar-refractivity contribution < 1.29 is 4.42 Å². The first-order valence-corrected chi connectivity index (χ1v) is 7.05. The quantitative estimate of drug-likeness (QED) is 0.575. The first-order valence-electron chi connectivity index (χ1n) is 6.26. The number of furan rings is 1. The van der Waals surface area contributed by atoms with Crippen LogP contribution in [0.15, 0.2) is 56.3 Å². The van der Waals surface area contributed by atoms with Gasteiger partial charge >= 0.3 is 0 Å². The van der Waals surface area contributed by atoms with Crippen molar-refractivity contribution in [3.63, 3.8) is 0 Å². The van der Waals surface area contributed by atoms with Crippen molar-refractivity contribution >= 4 is 38.0 Å². The van der Waals surface area contributed by atoms with Crippen molar-refractivity contribution in [1.82, 2.24) is 15.0 Å². The number of nitrogens with one attached hydrogen (secondary N) is 1. The van der Waals surface area contributed by atoms with Crippen LogP contribution in [0.4, 0.5) is 0 Å². The minimum absolute atomic E-state index is 0.225. The molecule has 21 heavy (non-hydrogen) atoms. The lowest BCUT2D eigenvalue weighted by Crippen LogP contribution is -2.08. The summed E-state index contributed by atoms with van der Waals surface area (Å²) in [4.78, 5) is 23.6. The largest absolute Gasteiger partial charge is 0.449 e. The molecule has 0 amide bonds. The number of nitrogens with zero attached hydrogens (tertiary/aromatic N) is 2. The second-order valence-electron chi connectivity index (χ2n) is 4.55. The minimum Gasteiger partial charge on any atom is -0.449 e. The number of halogens is 1. The molecule has 3 aromatic heterocycles. The van der Waals surface area contributed by atoms with Crippen LogP contribution in [0.3, 0.4) is 0 Å². The molecule has 1 aromatic carbocycles. The lowest BCUT2D eigenvalue weighted by molar-refractivity contribution is 0.661. The van der Waals surface area contributed by atoms with Gasteiger partial charge in [0.1, 0.15) is 16.8 Å². The van der Waals surface area contributed by atoms with Crippen LogP contribution in [-0.2, 0) is 0 Å². The summed E-state index contributed by atoms with van der Waals surface area (Å²) in [6, 6.07) is 11.0. The zero-order chi connectivity index (χ0) is 14.4. The Morgan fingerprint density at radius 2 is 2.10 bits per heavy atom. The topological polar surface area (TPSA) is 71.8 Å². The zero-order valence-corrected chi connectivity index (χ0v) is 12.2. The molecule has 5 nitrogen and oxygen atoms in total. The van der Waals surface area contributed by atoms with Crippen molar-refractivity contribution in [1.29, 1.82) is 0 Å². The first kappa shape index (κ1) is 12.3. The number of hydrogen-bond donors (Lipinski definition) is 1. The maximum atomic E-state index is 12.2. The summed E-state index contributed by atoms with van der Waals surface area (Å²) in [5.41, 5.74) is 1.69. The number of hydrogen-bond acceptors (Lipinski definition) is 4. The molecule has 6 heteroatoms. The highest BCUT2D eigenvalue weighted by molar-refractivity contribution is 9.10. The van der Waals surface area contributed by atoms with Gasteiger partial charge in [0.05, 0.1) is 0 Å². The highest BCUT2D eigenvalue weighted by Crippen LogP contribution is 2.28. The van der Waals surface area contributed by atoms with Gasteiger partial charge in [0, 0.05) is 16.1 Å². The minimum atomic E-state index is -0.312. The first-order chi connectivity index (χ1) is 10.2. The van der Waals surface area contributed by atoms with Crippen LogP contribution < -0.4 is 5.56 Å². The maximum absolute atomic E-state index is 12.2. The fourth-order valence-electron chi connectivity index (χ4n) is 2.25. The number of pyridine rings is 1. The molecule has 0 spiro atoms. The van der Waals surface area contributed by atoms with Crippen LogP contribution in [0.2, 0.25) is 0 Å². The van der Waals surface area contributed by atoms with E-state index >= 15 is 0 Å². The van der Waals surface area contributed by atoms with Gasteiger partial charge in [-0.15, -0.1) is 0 Å². The molecule has 0 saturated carbocycles. The average molecular weight is 342 g/mol. The van der Waals surface area contributed by atoms with Gasteiger partial charge in [-0.3, -0.25) is 9.78 Å². The van der Waals surface area contributed by atoms with Crippen LogP contribution in [0.1, 0.15) is 0 Å². The molecule has 0 saturated heterocycles. The van der Waals surface area contributed by atoms with Gasteiger partial charge in [0.25, 0.3) is 5.56 Å². The predicted octanol–water partition coefficient (Wildman–Crippen LogP) is 3.49. The Hall–Kier alpha value is -2.47. The summed E-state index contributed by atoms with van der Waals surface area (Å²) in [5.74, 6) is 0.427. The summed E-state index contributed by atoms with van der Waals surface area (Å²) < 4.78 is 6.48. The van der Waals surface area contributed by atoms with Crippen LogP contribution in [0.25, 0.3) is 33.6 Å². The van der Waals surface area contributed by atoms with Crippen molar-refractivity contribution in [2.75, 3.05) is 0 Å². The number of fused-ring (bicyclic) bond motifs is 3. The van der Waals surface area contributed by atoms with Crippen LogP contribution in [-0.4, -0.2) is 15.0 Å². The molecule has 3 heterocycles. The smallest absolute Gasteiger partial charge is 0.294 e. The average Bonchev–Trinajstić information content (AvgIpc) is 2.87. The molecule has 0 aliphatic heterocycles. The number of aromatic amines is 1. The van der Waals surface area contributed by atoms with Crippen LogP contribution in [0, 0.1) is 0 Å². The number of rotatable bonds is 1. The van der Waals surface area contributed by atoms with Gasteiger partial charge in [0.2, 0.25) is 5.58 Å². The Morgan fingerprint density at radius 3 is 2.90 bits per heavy atom. The SMILES string of the molecule is O=c1[nH]c(-c2ccccn2)nc2c1oc1ccc(Br)cc12. The van der Waals surface area contributed by atoms with Gasteiger partial charge < -0.3 is 9.40 Å². The molecule has 0 fully saturated rings. The Kier molecular flexibility index (Phi) is 2.65. The fraction of sp³-hybridized carbons (Fsp3) is 0. The lowest BCUT2D eigenvalue weighted by Gasteiger charge is -1.99. The summed E-state index contributed by atoms with van der Waals surface area (Å²) in [5, 5.41) is 0.794. The van der Waals surface area contributed by atoms with Gasteiger partial charge in [-0.05, 0) is 30.3 Å². The van der Waals surface area contributed by atoms with Gasteiger partial charge in [-0.1, -0.05) is 22.0 Å². The van der Waals surface area contributed by atoms with E-state index in [-0.39, 0.29) is 11.1 Å². The zero-order valence-electron chi connectivity index (χ0n) is 10.6. The molecule has 4 aromatic rings. The molecular formula is C15H8BrN3O2. The van der Waals surface area contributed by atoms with E-state index in [9.17, 15) is 4.79 Å². The van der Waals surface area contributed by atoms with E-state index in [1.165, 1.54) is 0 Å². The second-order valence-corrected chi connectivity index (χ2v) is 5.47. The molecule has 0 bridgehead atoms. The molecule has 102 valence electrons. The third-order valence-corrected chi connectivity index (χ3v) is 3.69. The fourth-order valence-corrected chi connectivity index (χ4v) is 2.61. The maximum Gasteiger partial charge on any atom is 0.294 e. The standard InChI is InChI=1S/C15H8BrN3O2/c16-8-4-5-11-9(7-8)12-13(21-11)15(20)19-14(18-12)10-3-1-2-6-17-10/h1-7H,(H,18,19,20). The molecule has 0 aliphatic rings. The van der Waals surface area contributed by atoms with E-state index in [4.69, 9.17) is 4.42 Å². The highest BCUT2D eigenvalue weighted by atomic mass is 79.9. The third kappa shape index (κ3) is 1.95. The molecule has 0 radical (unpaired) electrons. The van der Waals surface area contributed by atoms with E-state index in [1.807, 2.05) is 24.3 Å². The number of benzene rings is 1. The Morgan fingerprint density at radius 1 is 1.19 bits per heavy atom. The van der Waals surface area contributed by atoms with Crippen molar-refractivity contribution in [3.8, 4) is 11.5 Å². The normalized spacial score (nSPS) is 11.3. The van der Waals surface area contributed by atoms with E-state index in [2.05, 4.69) is 30.9 Å². The number of aromatic nitrogens is 3. The summed E-state index contributed by atoms with van der Waals surface area (Å²) >= 11 is 3.42. The summed E-state index contributed by atoms with van der Waals surface area (Å²) in [7, 11) is 0. The summed E-state index contributed by atoms with van der Waals surface area (Å²) in [6.07, 6.45) is 1.66. The predicted molar refractivity (Wildman–Crippen MR) is 83.1 cm³/mol. The lowest BCUT2D eigenvalue weighted by atomic mass is 10.2. The third-order valence-electron chi connectivity index (χ3n) is 3.19. The van der Waals surface area contributed by atoms with E-state index in [0.29, 0.717) is 22.6 Å². The second kappa shape index (κ2) is 4.53. The monoisotopic (exact) mass is 341 g/mol.